The van der Waals surface area contributed by atoms with Crippen LogP contribution >= 0.6 is 0 Å². The standard InChI is InChI=1S/C13H19N3O3/c14-6-7-19-10-13(18)16-9-12(17)15-8-11-4-2-1-3-5-11/h1-5H,6-10,14H2,(H,15,17)(H,16,18). The first kappa shape index (κ1) is 15.1. The van der Waals surface area contributed by atoms with Crippen molar-refractivity contribution in [3.8, 4) is 0 Å². The molecule has 0 bridgehead atoms. The summed E-state index contributed by atoms with van der Waals surface area (Å²) in [7, 11) is 0. The van der Waals surface area contributed by atoms with Gasteiger partial charge < -0.3 is 21.1 Å². The van der Waals surface area contributed by atoms with Gasteiger partial charge >= 0.3 is 0 Å². The zero-order valence-electron chi connectivity index (χ0n) is 10.7. The van der Waals surface area contributed by atoms with Gasteiger partial charge in [-0.25, -0.2) is 0 Å². The molecule has 4 N–H and O–H groups in total. The highest BCUT2D eigenvalue weighted by Crippen LogP contribution is 1.96. The number of benzene rings is 1. The SMILES string of the molecule is NCCOCC(=O)NCC(=O)NCc1ccccc1. The van der Waals surface area contributed by atoms with Gasteiger partial charge in [-0.2, -0.15) is 0 Å². The van der Waals surface area contributed by atoms with E-state index in [0.29, 0.717) is 19.7 Å². The molecule has 0 saturated carbocycles. The fourth-order valence-electron chi connectivity index (χ4n) is 1.34. The third-order valence-corrected chi connectivity index (χ3v) is 2.27. The van der Waals surface area contributed by atoms with Crippen molar-refractivity contribution in [1.29, 1.82) is 0 Å². The molecule has 6 heteroatoms. The summed E-state index contributed by atoms with van der Waals surface area (Å²) in [4.78, 5) is 22.7. The van der Waals surface area contributed by atoms with Crippen LogP contribution in [0.3, 0.4) is 0 Å². The molecule has 0 atom stereocenters. The molecule has 0 fully saturated rings. The lowest BCUT2D eigenvalue weighted by Crippen LogP contribution is -2.38. The molecule has 1 aromatic carbocycles. The summed E-state index contributed by atoms with van der Waals surface area (Å²) >= 11 is 0. The first-order chi connectivity index (χ1) is 9.22. The molecule has 0 radical (unpaired) electrons. The number of amides is 2. The van der Waals surface area contributed by atoms with Gasteiger partial charge in [-0.05, 0) is 5.56 Å². The molecule has 6 nitrogen and oxygen atoms in total. The normalized spacial score (nSPS) is 9.95. The Labute approximate surface area is 112 Å². The highest BCUT2D eigenvalue weighted by molar-refractivity contribution is 5.85. The van der Waals surface area contributed by atoms with Crippen LogP contribution in [0.15, 0.2) is 30.3 Å². The second-order valence-corrected chi connectivity index (χ2v) is 3.88. The monoisotopic (exact) mass is 265 g/mol. The van der Waals surface area contributed by atoms with Gasteiger partial charge in [0.15, 0.2) is 0 Å². The van der Waals surface area contributed by atoms with E-state index in [-0.39, 0.29) is 25.0 Å². The summed E-state index contributed by atoms with van der Waals surface area (Å²) < 4.78 is 4.94. The highest BCUT2D eigenvalue weighted by atomic mass is 16.5. The van der Waals surface area contributed by atoms with Gasteiger partial charge in [0.1, 0.15) is 6.61 Å². The predicted octanol–water partition coefficient (Wildman–Crippen LogP) is -0.606. The number of hydrogen-bond acceptors (Lipinski definition) is 4. The summed E-state index contributed by atoms with van der Waals surface area (Å²) in [5.74, 6) is -0.570. The van der Waals surface area contributed by atoms with Gasteiger partial charge in [-0.15, -0.1) is 0 Å². The van der Waals surface area contributed by atoms with Crippen LogP contribution in [0.1, 0.15) is 5.56 Å². The van der Waals surface area contributed by atoms with E-state index < -0.39 is 0 Å². The van der Waals surface area contributed by atoms with Crippen molar-refractivity contribution >= 4 is 11.8 Å². The quantitative estimate of drug-likeness (QED) is 0.547. The van der Waals surface area contributed by atoms with Crippen LogP contribution in [-0.4, -0.2) is 38.1 Å². The molecule has 0 unspecified atom stereocenters. The lowest BCUT2D eigenvalue weighted by molar-refractivity contribution is -0.129. The number of carbonyl (C=O) groups is 2. The van der Waals surface area contributed by atoms with Gasteiger partial charge in [0.2, 0.25) is 11.8 Å². The first-order valence-electron chi connectivity index (χ1n) is 6.07. The lowest BCUT2D eigenvalue weighted by Gasteiger charge is -2.07. The van der Waals surface area contributed by atoms with E-state index in [2.05, 4.69) is 10.6 Å². The molecule has 1 aromatic rings. The molecule has 1 rings (SSSR count). The van der Waals surface area contributed by atoms with Crippen molar-refractivity contribution in [2.24, 2.45) is 5.73 Å². The maximum Gasteiger partial charge on any atom is 0.246 e. The molecular weight excluding hydrogens is 246 g/mol. The number of nitrogens with two attached hydrogens (primary N) is 1. The molecular formula is C13H19N3O3. The largest absolute Gasteiger partial charge is 0.370 e. The average Bonchev–Trinajstić information content (AvgIpc) is 2.44. The van der Waals surface area contributed by atoms with E-state index in [1.807, 2.05) is 30.3 Å². The van der Waals surface area contributed by atoms with Crippen molar-refractivity contribution in [2.45, 2.75) is 6.54 Å². The van der Waals surface area contributed by atoms with Gasteiger partial charge in [0.05, 0.1) is 13.2 Å². The molecule has 0 aliphatic heterocycles. The Kier molecular flexibility index (Phi) is 7.23. The average molecular weight is 265 g/mol. The van der Waals surface area contributed by atoms with E-state index in [0.717, 1.165) is 5.56 Å². The summed E-state index contributed by atoms with van der Waals surface area (Å²) in [6, 6.07) is 9.54. The third-order valence-electron chi connectivity index (χ3n) is 2.27. The van der Waals surface area contributed by atoms with Crippen molar-refractivity contribution in [3.63, 3.8) is 0 Å². The van der Waals surface area contributed by atoms with Crippen LogP contribution in [0, 0.1) is 0 Å². The van der Waals surface area contributed by atoms with Crippen LogP contribution in [-0.2, 0) is 20.9 Å². The Balaban J connectivity index is 2.12. The molecule has 0 aromatic heterocycles. The minimum Gasteiger partial charge on any atom is -0.370 e. The van der Waals surface area contributed by atoms with Crippen LogP contribution in [0.4, 0.5) is 0 Å². The second kappa shape index (κ2) is 9.07. The van der Waals surface area contributed by atoms with E-state index >= 15 is 0 Å². The predicted molar refractivity (Wildman–Crippen MR) is 71.2 cm³/mol. The minimum atomic E-state index is -0.330. The van der Waals surface area contributed by atoms with Crippen molar-refractivity contribution in [3.05, 3.63) is 35.9 Å². The van der Waals surface area contributed by atoms with E-state index in [1.165, 1.54) is 0 Å². The van der Waals surface area contributed by atoms with Gasteiger partial charge in [0.25, 0.3) is 0 Å². The number of carbonyl (C=O) groups excluding carboxylic acids is 2. The number of hydrogen-bond donors (Lipinski definition) is 3. The molecule has 0 aliphatic carbocycles. The Morgan fingerprint density at radius 2 is 1.84 bits per heavy atom. The Hall–Kier alpha value is -1.92. The molecule has 2 amide bonds. The molecule has 0 aliphatic rings. The fraction of sp³-hybridized carbons (Fsp3) is 0.385. The smallest absolute Gasteiger partial charge is 0.246 e. The fourth-order valence-corrected chi connectivity index (χ4v) is 1.34. The number of nitrogens with one attached hydrogen (secondary N) is 2. The number of rotatable bonds is 8. The molecule has 0 spiro atoms. The van der Waals surface area contributed by atoms with Crippen LogP contribution < -0.4 is 16.4 Å². The molecule has 0 heterocycles. The lowest BCUT2D eigenvalue weighted by atomic mass is 10.2. The molecule has 0 saturated heterocycles. The van der Waals surface area contributed by atoms with Crippen molar-refractivity contribution in [2.75, 3.05) is 26.3 Å². The number of ether oxygens (including phenoxy) is 1. The molecule has 19 heavy (non-hydrogen) atoms. The maximum absolute atomic E-state index is 11.5. The summed E-state index contributed by atoms with van der Waals surface area (Å²) in [5.41, 5.74) is 6.22. The summed E-state index contributed by atoms with van der Waals surface area (Å²) in [6.45, 7) is 0.999. The van der Waals surface area contributed by atoms with Crippen LogP contribution in [0.2, 0.25) is 0 Å². The van der Waals surface area contributed by atoms with Gasteiger partial charge in [-0.3, -0.25) is 9.59 Å². The zero-order valence-corrected chi connectivity index (χ0v) is 10.7. The summed E-state index contributed by atoms with van der Waals surface area (Å²) in [6.07, 6.45) is 0. The second-order valence-electron chi connectivity index (χ2n) is 3.88. The summed E-state index contributed by atoms with van der Waals surface area (Å²) in [5, 5.41) is 5.17. The van der Waals surface area contributed by atoms with Crippen molar-refractivity contribution in [1.82, 2.24) is 10.6 Å². The Morgan fingerprint density at radius 1 is 1.11 bits per heavy atom. The topological polar surface area (TPSA) is 93.4 Å². The minimum absolute atomic E-state index is 0.0579. The van der Waals surface area contributed by atoms with Gasteiger partial charge in [0, 0.05) is 13.1 Å². The van der Waals surface area contributed by atoms with E-state index in [1.54, 1.807) is 0 Å². The van der Waals surface area contributed by atoms with E-state index in [4.69, 9.17) is 10.5 Å². The maximum atomic E-state index is 11.5. The third kappa shape index (κ3) is 7.17. The van der Waals surface area contributed by atoms with E-state index in [9.17, 15) is 9.59 Å². The molecule has 104 valence electrons. The van der Waals surface area contributed by atoms with Crippen LogP contribution in [0.25, 0.3) is 0 Å². The Morgan fingerprint density at radius 3 is 2.53 bits per heavy atom. The zero-order chi connectivity index (χ0) is 13.9. The van der Waals surface area contributed by atoms with Gasteiger partial charge in [-0.1, -0.05) is 30.3 Å². The first-order valence-corrected chi connectivity index (χ1v) is 6.07. The Bertz CT molecular complexity index is 395. The highest BCUT2D eigenvalue weighted by Gasteiger charge is 2.05. The van der Waals surface area contributed by atoms with Crippen LogP contribution in [0.5, 0.6) is 0 Å². The van der Waals surface area contributed by atoms with Crippen molar-refractivity contribution < 1.29 is 14.3 Å².